The Hall–Kier alpha value is -1.67. The number of hydrogen-bond acceptors (Lipinski definition) is 5. The summed E-state index contributed by atoms with van der Waals surface area (Å²) in [7, 11) is -3.93. The first-order valence-corrected chi connectivity index (χ1v) is 20.5. The van der Waals surface area contributed by atoms with E-state index >= 15 is 0 Å². The lowest BCUT2D eigenvalue weighted by Crippen LogP contribution is -2.39. The van der Waals surface area contributed by atoms with Crippen LogP contribution in [0.25, 0.3) is 0 Å². The SMILES string of the molecule is CCCC[C@H](CC)CN(C[C@@H](CC)CCCC)c1ccc(S(=O)(=O)N(C[C@@H](CC)CCCC)C[C@@H](CC)CCCC)cc1[N+](=O)[O-]. The van der Waals surface area contributed by atoms with Gasteiger partial charge in [0.15, 0.2) is 0 Å². The van der Waals surface area contributed by atoms with Gasteiger partial charge in [0, 0.05) is 32.2 Å². The number of anilines is 1. The zero-order valence-corrected chi connectivity index (χ0v) is 31.9. The Morgan fingerprint density at radius 1 is 0.630 bits per heavy atom. The summed E-state index contributed by atoms with van der Waals surface area (Å²) < 4.78 is 30.5. The van der Waals surface area contributed by atoms with Crippen molar-refractivity contribution in [2.24, 2.45) is 23.7 Å². The standard InChI is InChI=1S/C38H71N3O4S/c1-9-17-21-32(13-5)28-39(29-33(14-6)22-18-10-2)37-26-25-36(27-38(37)41(42)43)46(44,45)40(30-34(15-7)23-19-11-3)31-35(16-8)24-20-12-4/h25-27,32-35H,9-24,28-31H2,1-8H3/t32-,33-,34-,35-/m0/s1. The van der Waals surface area contributed by atoms with Gasteiger partial charge >= 0.3 is 0 Å². The lowest BCUT2D eigenvalue weighted by Gasteiger charge is -2.33. The van der Waals surface area contributed by atoms with Gasteiger partial charge < -0.3 is 4.90 Å². The number of nitro benzene ring substituents is 1. The van der Waals surface area contributed by atoms with Crippen molar-refractivity contribution >= 4 is 21.4 Å². The summed E-state index contributed by atoms with van der Waals surface area (Å²) >= 11 is 0. The monoisotopic (exact) mass is 666 g/mol. The van der Waals surface area contributed by atoms with Gasteiger partial charge in [-0.2, -0.15) is 4.31 Å². The molecule has 268 valence electrons. The molecule has 0 aliphatic carbocycles. The highest BCUT2D eigenvalue weighted by molar-refractivity contribution is 7.89. The van der Waals surface area contributed by atoms with Gasteiger partial charge in [0.25, 0.3) is 5.69 Å². The summed E-state index contributed by atoms with van der Waals surface area (Å²) in [6, 6.07) is 4.76. The molecule has 7 nitrogen and oxygen atoms in total. The Morgan fingerprint density at radius 3 is 1.33 bits per heavy atom. The average molecular weight is 666 g/mol. The summed E-state index contributed by atoms with van der Waals surface area (Å²) in [5.74, 6) is 1.41. The first-order valence-electron chi connectivity index (χ1n) is 19.1. The molecule has 0 saturated carbocycles. The van der Waals surface area contributed by atoms with Gasteiger partial charge in [-0.15, -0.1) is 0 Å². The lowest BCUT2D eigenvalue weighted by atomic mass is 9.95. The molecule has 1 rings (SSSR count). The van der Waals surface area contributed by atoms with Crippen molar-refractivity contribution in [3.05, 3.63) is 28.3 Å². The van der Waals surface area contributed by atoms with Crippen molar-refractivity contribution < 1.29 is 13.3 Å². The topological polar surface area (TPSA) is 83.8 Å². The molecule has 0 unspecified atom stereocenters. The normalized spacial score (nSPS) is 14.7. The zero-order chi connectivity index (χ0) is 34.5. The molecule has 4 atom stereocenters. The van der Waals surface area contributed by atoms with Crippen molar-refractivity contribution in [2.75, 3.05) is 31.1 Å². The van der Waals surface area contributed by atoms with E-state index in [1.165, 1.54) is 6.07 Å². The van der Waals surface area contributed by atoms with Crippen molar-refractivity contribution in [2.45, 2.75) is 163 Å². The Kier molecular flexibility index (Phi) is 21.7. The molecule has 8 heteroatoms. The molecule has 0 radical (unpaired) electrons. The van der Waals surface area contributed by atoms with Gasteiger partial charge in [-0.25, -0.2) is 8.42 Å². The summed E-state index contributed by atoms with van der Waals surface area (Å²) in [5, 5.41) is 12.7. The molecule has 0 aliphatic rings. The molecule has 0 spiro atoms. The maximum atomic E-state index is 14.4. The summed E-state index contributed by atoms with van der Waals surface area (Å²) in [6.45, 7) is 19.9. The molecule has 0 bridgehead atoms. The van der Waals surface area contributed by atoms with E-state index < -0.39 is 10.0 Å². The van der Waals surface area contributed by atoms with Crippen LogP contribution in [0.2, 0.25) is 0 Å². The molecule has 0 amide bonds. The molecular weight excluding hydrogens is 595 g/mol. The highest BCUT2D eigenvalue weighted by Crippen LogP contribution is 2.35. The zero-order valence-electron chi connectivity index (χ0n) is 31.1. The molecule has 0 fully saturated rings. The maximum absolute atomic E-state index is 14.4. The van der Waals surface area contributed by atoms with E-state index in [1.807, 2.05) is 0 Å². The van der Waals surface area contributed by atoms with Crippen LogP contribution in [0, 0.1) is 33.8 Å². The van der Waals surface area contributed by atoms with Crippen LogP contribution in [0.1, 0.15) is 158 Å². The van der Waals surface area contributed by atoms with Crippen LogP contribution in [0.5, 0.6) is 0 Å². The maximum Gasteiger partial charge on any atom is 0.293 e. The van der Waals surface area contributed by atoms with Gasteiger partial charge in [-0.05, 0) is 61.5 Å². The Labute approximate surface area is 284 Å². The molecule has 0 N–H and O–H groups in total. The van der Waals surface area contributed by atoms with E-state index in [2.05, 4.69) is 60.3 Å². The minimum absolute atomic E-state index is 0.0506. The summed E-state index contributed by atoms with van der Waals surface area (Å²) in [6.07, 6.45) is 16.9. The minimum atomic E-state index is -3.93. The average Bonchev–Trinajstić information content (AvgIpc) is 3.06. The third-order valence-electron chi connectivity index (χ3n) is 10.2. The van der Waals surface area contributed by atoms with Gasteiger partial charge in [-0.3, -0.25) is 10.1 Å². The highest BCUT2D eigenvalue weighted by atomic mass is 32.2. The fourth-order valence-corrected chi connectivity index (χ4v) is 8.25. The van der Waals surface area contributed by atoms with Gasteiger partial charge in [0.05, 0.1) is 9.82 Å². The van der Waals surface area contributed by atoms with Crippen LogP contribution in [0.15, 0.2) is 23.1 Å². The number of nitro groups is 1. The second-order valence-electron chi connectivity index (χ2n) is 13.8. The predicted molar refractivity (Wildman–Crippen MR) is 197 cm³/mol. The summed E-state index contributed by atoms with van der Waals surface area (Å²) in [5.41, 5.74) is 0.469. The van der Waals surface area contributed by atoms with E-state index in [1.54, 1.807) is 16.4 Å². The van der Waals surface area contributed by atoms with Crippen molar-refractivity contribution in [3.8, 4) is 0 Å². The molecule has 1 aromatic carbocycles. The van der Waals surface area contributed by atoms with Crippen LogP contribution >= 0.6 is 0 Å². The van der Waals surface area contributed by atoms with Crippen LogP contribution in [0.4, 0.5) is 11.4 Å². The van der Waals surface area contributed by atoms with Gasteiger partial charge in [0.1, 0.15) is 5.69 Å². The quantitative estimate of drug-likeness (QED) is 0.0657. The minimum Gasteiger partial charge on any atom is -0.365 e. The fourth-order valence-electron chi connectivity index (χ4n) is 6.64. The van der Waals surface area contributed by atoms with Crippen LogP contribution < -0.4 is 4.90 Å². The third-order valence-corrected chi connectivity index (χ3v) is 12.0. The molecule has 0 heterocycles. The van der Waals surface area contributed by atoms with Gasteiger partial charge in [-0.1, -0.05) is 132 Å². The Bertz CT molecular complexity index is 1030. The number of nitrogens with zero attached hydrogens (tertiary/aromatic N) is 3. The Morgan fingerprint density at radius 2 is 1.00 bits per heavy atom. The molecule has 46 heavy (non-hydrogen) atoms. The van der Waals surface area contributed by atoms with Gasteiger partial charge in [0.2, 0.25) is 10.0 Å². The van der Waals surface area contributed by atoms with E-state index in [4.69, 9.17) is 0 Å². The fraction of sp³-hybridized carbons (Fsp3) is 0.842. The first-order chi connectivity index (χ1) is 22.1. The molecule has 1 aromatic rings. The van der Waals surface area contributed by atoms with Crippen molar-refractivity contribution in [1.29, 1.82) is 0 Å². The second kappa shape index (κ2) is 23.6. The molecular formula is C38H71N3O4S. The lowest BCUT2D eigenvalue weighted by molar-refractivity contribution is -0.384. The van der Waals surface area contributed by atoms with Crippen molar-refractivity contribution in [3.63, 3.8) is 0 Å². The highest BCUT2D eigenvalue weighted by Gasteiger charge is 2.32. The van der Waals surface area contributed by atoms with E-state index in [-0.39, 0.29) is 27.3 Å². The number of rotatable bonds is 28. The van der Waals surface area contributed by atoms with Crippen LogP contribution in [0.3, 0.4) is 0 Å². The number of sulfonamides is 1. The third kappa shape index (κ3) is 14.2. The van der Waals surface area contributed by atoms with Crippen LogP contribution in [-0.4, -0.2) is 43.8 Å². The number of hydrogen-bond donors (Lipinski definition) is 0. The first kappa shape index (κ1) is 42.4. The molecule has 0 aliphatic heterocycles. The number of benzene rings is 1. The largest absolute Gasteiger partial charge is 0.365 e. The van der Waals surface area contributed by atoms with Crippen molar-refractivity contribution in [1.82, 2.24) is 4.31 Å². The smallest absolute Gasteiger partial charge is 0.293 e. The molecule has 0 saturated heterocycles. The van der Waals surface area contributed by atoms with E-state index in [0.717, 1.165) is 116 Å². The number of unbranched alkanes of at least 4 members (excludes halogenated alkanes) is 4. The summed E-state index contributed by atoms with van der Waals surface area (Å²) in [4.78, 5) is 14.6. The van der Waals surface area contributed by atoms with E-state index in [0.29, 0.717) is 30.6 Å². The predicted octanol–water partition coefficient (Wildman–Crippen LogP) is 11.3. The van der Waals surface area contributed by atoms with Crippen LogP contribution in [-0.2, 0) is 10.0 Å². The Balaban J connectivity index is 3.66. The molecule has 0 aromatic heterocycles. The van der Waals surface area contributed by atoms with E-state index in [9.17, 15) is 18.5 Å². The second-order valence-corrected chi connectivity index (χ2v) is 15.7.